The summed E-state index contributed by atoms with van der Waals surface area (Å²) >= 11 is 0. The van der Waals surface area contributed by atoms with Gasteiger partial charge in [-0.2, -0.15) is 0 Å². The molecule has 1 fully saturated rings. The number of ether oxygens (including phenoxy) is 3. The Morgan fingerprint density at radius 1 is 1.07 bits per heavy atom. The van der Waals surface area contributed by atoms with Crippen LogP contribution in [-0.2, 0) is 14.2 Å². The van der Waals surface area contributed by atoms with Crippen LogP contribution >= 0.6 is 0 Å². The monoisotopic (exact) mass is 380 g/mol. The molecule has 4 nitrogen and oxygen atoms in total. The van der Waals surface area contributed by atoms with E-state index >= 15 is 0 Å². The highest BCUT2D eigenvalue weighted by atomic mass is 19.1. The van der Waals surface area contributed by atoms with Crippen molar-refractivity contribution in [3.05, 3.63) is 35.1 Å². The van der Waals surface area contributed by atoms with Gasteiger partial charge in [-0.3, -0.25) is 0 Å². The minimum atomic E-state index is -0.703. The van der Waals surface area contributed by atoms with Crippen LogP contribution in [0.4, 0.5) is 4.39 Å². The molecule has 152 valence electrons. The summed E-state index contributed by atoms with van der Waals surface area (Å²) in [7, 11) is 0. The van der Waals surface area contributed by atoms with Gasteiger partial charge in [-0.15, -0.1) is 0 Å². The van der Waals surface area contributed by atoms with Gasteiger partial charge in [-0.1, -0.05) is 58.4 Å². The Labute approximate surface area is 162 Å². The molecule has 1 aliphatic heterocycles. The van der Waals surface area contributed by atoms with Crippen LogP contribution in [0.25, 0.3) is 0 Å². The van der Waals surface area contributed by atoms with Gasteiger partial charge in [0, 0.05) is 11.5 Å². The molecule has 0 saturated carbocycles. The number of halogens is 1. The molecule has 0 aliphatic carbocycles. The Morgan fingerprint density at radius 2 is 1.74 bits per heavy atom. The van der Waals surface area contributed by atoms with E-state index in [1.807, 2.05) is 0 Å². The molecular formula is C22H33FO4. The molecule has 27 heavy (non-hydrogen) atoms. The Morgan fingerprint density at radius 3 is 2.37 bits per heavy atom. The number of esters is 1. The first kappa shape index (κ1) is 21.8. The van der Waals surface area contributed by atoms with Crippen LogP contribution in [0.3, 0.4) is 0 Å². The van der Waals surface area contributed by atoms with Crippen molar-refractivity contribution in [2.45, 2.75) is 71.5 Å². The number of carbonyl (C=O) groups is 1. The molecule has 1 saturated heterocycles. The van der Waals surface area contributed by atoms with Crippen molar-refractivity contribution in [2.75, 3.05) is 19.8 Å². The zero-order valence-corrected chi connectivity index (χ0v) is 16.7. The van der Waals surface area contributed by atoms with E-state index in [9.17, 15) is 9.18 Å². The van der Waals surface area contributed by atoms with Crippen molar-refractivity contribution < 1.29 is 23.4 Å². The summed E-state index contributed by atoms with van der Waals surface area (Å²) < 4.78 is 30.8. The first-order valence-corrected chi connectivity index (χ1v) is 10.4. The molecule has 0 atom stereocenters. The molecule has 0 aromatic heterocycles. The van der Waals surface area contributed by atoms with Crippen LogP contribution in [0, 0.1) is 11.7 Å². The summed E-state index contributed by atoms with van der Waals surface area (Å²) in [5.41, 5.74) is 0.551. The zero-order chi connectivity index (χ0) is 19.5. The van der Waals surface area contributed by atoms with Crippen LogP contribution in [0.5, 0.6) is 0 Å². The Hall–Kier alpha value is -1.46. The minimum Gasteiger partial charge on any atom is -0.462 e. The third-order valence-corrected chi connectivity index (χ3v) is 5.02. The van der Waals surface area contributed by atoms with Crippen LogP contribution in [0.15, 0.2) is 18.2 Å². The molecule has 1 aromatic carbocycles. The Kier molecular flexibility index (Phi) is 9.78. The van der Waals surface area contributed by atoms with E-state index in [0.29, 0.717) is 31.3 Å². The lowest BCUT2D eigenvalue weighted by molar-refractivity contribution is -0.206. The average Bonchev–Trinajstić information content (AvgIpc) is 2.70. The Balaban J connectivity index is 1.73. The second kappa shape index (κ2) is 12.1. The molecule has 2 rings (SSSR count). The van der Waals surface area contributed by atoms with E-state index in [2.05, 4.69) is 13.8 Å². The normalized spacial score (nSPS) is 19.8. The highest BCUT2D eigenvalue weighted by molar-refractivity contribution is 5.89. The molecule has 0 spiro atoms. The zero-order valence-electron chi connectivity index (χ0n) is 16.7. The smallest absolute Gasteiger partial charge is 0.338 e. The maximum absolute atomic E-state index is 14.4. The lowest BCUT2D eigenvalue weighted by Gasteiger charge is -2.29. The molecule has 0 unspecified atom stereocenters. The number of benzene rings is 1. The van der Waals surface area contributed by atoms with Crippen LogP contribution < -0.4 is 0 Å². The lowest BCUT2D eigenvalue weighted by Crippen LogP contribution is -2.27. The summed E-state index contributed by atoms with van der Waals surface area (Å²) in [6.45, 7) is 5.77. The van der Waals surface area contributed by atoms with E-state index in [0.717, 1.165) is 19.3 Å². The van der Waals surface area contributed by atoms with E-state index in [1.54, 1.807) is 12.1 Å². The van der Waals surface area contributed by atoms with Crippen molar-refractivity contribution in [3.63, 3.8) is 0 Å². The van der Waals surface area contributed by atoms with Crippen molar-refractivity contribution in [1.29, 1.82) is 0 Å². The number of hydrogen-bond acceptors (Lipinski definition) is 4. The maximum atomic E-state index is 14.4. The molecule has 0 N–H and O–H groups in total. The predicted molar refractivity (Wildman–Crippen MR) is 103 cm³/mol. The van der Waals surface area contributed by atoms with Gasteiger partial charge in [0.25, 0.3) is 0 Å². The maximum Gasteiger partial charge on any atom is 0.338 e. The van der Waals surface area contributed by atoms with Crippen molar-refractivity contribution >= 4 is 5.97 Å². The summed E-state index contributed by atoms with van der Waals surface area (Å²) in [6, 6.07) is 4.34. The summed E-state index contributed by atoms with van der Waals surface area (Å²) in [5, 5.41) is 0. The van der Waals surface area contributed by atoms with E-state index in [-0.39, 0.29) is 5.56 Å². The molecule has 0 amide bonds. The molecule has 0 bridgehead atoms. The molecular weight excluding hydrogens is 347 g/mol. The first-order chi connectivity index (χ1) is 13.2. The number of rotatable bonds is 11. The quantitative estimate of drug-likeness (QED) is 0.359. The third-order valence-electron chi connectivity index (χ3n) is 5.02. The molecule has 1 aromatic rings. The first-order valence-electron chi connectivity index (χ1n) is 10.4. The van der Waals surface area contributed by atoms with Crippen LogP contribution in [-0.4, -0.2) is 25.8 Å². The average molecular weight is 381 g/mol. The largest absolute Gasteiger partial charge is 0.462 e. The fraction of sp³-hybridized carbons (Fsp3) is 0.682. The van der Waals surface area contributed by atoms with Crippen molar-refractivity contribution in [3.8, 4) is 0 Å². The van der Waals surface area contributed by atoms with E-state index < -0.39 is 18.1 Å². The molecule has 5 heteroatoms. The van der Waals surface area contributed by atoms with Gasteiger partial charge in [0.15, 0.2) is 6.29 Å². The fourth-order valence-corrected chi connectivity index (χ4v) is 3.11. The third kappa shape index (κ3) is 7.23. The summed E-state index contributed by atoms with van der Waals surface area (Å²) in [5.74, 6) is -0.631. The standard InChI is InChI=1S/C22H33FO4/c1-3-5-6-7-8-9-10-13-25-21(24)18-11-12-19(20(23)14-18)22-26-15-17(4-2)16-27-22/h11-12,14,17,22H,3-10,13,15-16H2,1-2H3. The minimum absolute atomic E-state index is 0.224. The molecule has 1 aliphatic rings. The van der Waals surface area contributed by atoms with Gasteiger partial charge in [-0.25, -0.2) is 9.18 Å². The van der Waals surface area contributed by atoms with Crippen molar-refractivity contribution in [1.82, 2.24) is 0 Å². The van der Waals surface area contributed by atoms with Gasteiger partial charge in [0.1, 0.15) is 5.82 Å². The predicted octanol–water partition coefficient (Wildman–Crippen LogP) is 5.80. The van der Waals surface area contributed by atoms with Crippen LogP contribution in [0.1, 0.15) is 87.4 Å². The summed E-state index contributed by atoms with van der Waals surface area (Å²) in [6.07, 6.45) is 8.37. The van der Waals surface area contributed by atoms with Gasteiger partial charge < -0.3 is 14.2 Å². The second-order valence-electron chi connectivity index (χ2n) is 7.27. The Bertz CT molecular complexity index is 567. The van der Waals surface area contributed by atoms with Gasteiger partial charge >= 0.3 is 5.97 Å². The van der Waals surface area contributed by atoms with E-state index in [4.69, 9.17) is 14.2 Å². The highest BCUT2D eigenvalue weighted by Gasteiger charge is 2.25. The second-order valence-corrected chi connectivity index (χ2v) is 7.27. The fourth-order valence-electron chi connectivity index (χ4n) is 3.11. The molecule has 0 radical (unpaired) electrons. The van der Waals surface area contributed by atoms with Crippen LogP contribution in [0.2, 0.25) is 0 Å². The summed E-state index contributed by atoms with van der Waals surface area (Å²) in [4.78, 5) is 12.1. The number of hydrogen-bond donors (Lipinski definition) is 0. The van der Waals surface area contributed by atoms with Gasteiger partial charge in [0.2, 0.25) is 0 Å². The molecule has 1 heterocycles. The lowest BCUT2D eigenvalue weighted by atomic mass is 10.1. The topological polar surface area (TPSA) is 44.8 Å². The SMILES string of the molecule is CCCCCCCCCOC(=O)c1ccc(C2OCC(CC)CO2)c(F)c1. The van der Waals surface area contributed by atoms with Gasteiger partial charge in [0.05, 0.1) is 25.4 Å². The van der Waals surface area contributed by atoms with Gasteiger partial charge in [-0.05, 0) is 25.0 Å². The highest BCUT2D eigenvalue weighted by Crippen LogP contribution is 2.28. The van der Waals surface area contributed by atoms with E-state index in [1.165, 1.54) is 38.2 Å². The number of carbonyl (C=O) groups excluding carboxylic acids is 1. The number of unbranched alkanes of at least 4 members (excludes halogenated alkanes) is 6. The van der Waals surface area contributed by atoms with Crippen molar-refractivity contribution in [2.24, 2.45) is 5.92 Å².